The second-order valence-electron chi connectivity index (χ2n) is 2.63. The highest BCUT2D eigenvalue weighted by Gasteiger charge is 2.11. The van der Waals surface area contributed by atoms with Crippen molar-refractivity contribution >= 4 is 17.1 Å². The van der Waals surface area contributed by atoms with Gasteiger partial charge in [0, 0.05) is 17.7 Å². The Hall–Kier alpha value is -0.670. The number of ketones is 1. The molecule has 66 valence electrons. The van der Waals surface area contributed by atoms with Crippen molar-refractivity contribution in [3.05, 3.63) is 22.4 Å². The van der Waals surface area contributed by atoms with E-state index in [0.717, 1.165) is 4.88 Å². The Bertz CT molecular complexity index is 241. The smallest absolute Gasteiger partial charge is 0.135 e. The molecule has 0 aliphatic rings. The first kappa shape index (κ1) is 9.42. The predicted octanol–water partition coefficient (Wildman–Crippen LogP) is 2.15. The fourth-order valence-electron chi connectivity index (χ4n) is 0.941. The minimum Gasteiger partial charge on any atom is -0.387 e. The van der Waals surface area contributed by atoms with E-state index in [0.29, 0.717) is 6.42 Å². The van der Waals surface area contributed by atoms with Crippen molar-refractivity contribution in [1.29, 1.82) is 0 Å². The van der Waals surface area contributed by atoms with Crippen LogP contribution >= 0.6 is 11.3 Å². The first-order valence-corrected chi connectivity index (χ1v) is 4.85. The Morgan fingerprint density at radius 1 is 1.75 bits per heavy atom. The van der Waals surface area contributed by atoms with E-state index in [1.807, 2.05) is 24.4 Å². The van der Waals surface area contributed by atoms with Crippen LogP contribution in [-0.4, -0.2) is 10.9 Å². The van der Waals surface area contributed by atoms with Crippen LogP contribution in [0.2, 0.25) is 0 Å². The maximum atomic E-state index is 11.0. The molecule has 3 heteroatoms. The van der Waals surface area contributed by atoms with Crippen LogP contribution in [0, 0.1) is 0 Å². The summed E-state index contributed by atoms with van der Waals surface area (Å²) in [5.41, 5.74) is 0. The zero-order valence-electron chi connectivity index (χ0n) is 6.99. The summed E-state index contributed by atoms with van der Waals surface area (Å²) in [5.74, 6) is 0.107. The molecule has 1 unspecified atom stereocenters. The summed E-state index contributed by atoms with van der Waals surface area (Å²) in [6.07, 6.45) is 0.150. The largest absolute Gasteiger partial charge is 0.387 e. The molecule has 12 heavy (non-hydrogen) atoms. The van der Waals surface area contributed by atoms with Crippen LogP contribution in [-0.2, 0) is 4.79 Å². The van der Waals surface area contributed by atoms with Crippen molar-refractivity contribution < 1.29 is 9.90 Å². The SMILES string of the molecule is CCC(=O)CC(O)c1cccs1. The highest BCUT2D eigenvalue weighted by molar-refractivity contribution is 7.10. The van der Waals surface area contributed by atoms with Crippen molar-refractivity contribution in [2.24, 2.45) is 0 Å². The lowest BCUT2D eigenvalue weighted by molar-refractivity contribution is -0.120. The number of carbonyl (C=O) groups is 1. The normalized spacial score (nSPS) is 12.8. The number of aliphatic hydroxyl groups excluding tert-OH is 1. The van der Waals surface area contributed by atoms with Crippen LogP contribution in [0.5, 0.6) is 0 Å². The van der Waals surface area contributed by atoms with Gasteiger partial charge in [0.05, 0.1) is 6.10 Å². The van der Waals surface area contributed by atoms with Gasteiger partial charge in [-0.05, 0) is 11.4 Å². The van der Waals surface area contributed by atoms with Crippen LogP contribution in [0.1, 0.15) is 30.7 Å². The maximum absolute atomic E-state index is 11.0. The molecular formula is C9H12O2S. The van der Waals surface area contributed by atoms with Gasteiger partial charge in [-0.1, -0.05) is 13.0 Å². The summed E-state index contributed by atoms with van der Waals surface area (Å²) in [5, 5.41) is 11.4. The van der Waals surface area contributed by atoms with Gasteiger partial charge in [0.2, 0.25) is 0 Å². The predicted molar refractivity (Wildman–Crippen MR) is 49.2 cm³/mol. The molecule has 0 amide bonds. The Morgan fingerprint density at radius 2 is 2.50 bits per heavy atom. The van der Waals surface area contributed by atoms with Gasteiger partial charge < -0.3 is 5.11 Å². The van der Waals surface area contributed by atoms with Gasteiger partial charge in [-0.2, -0.15) is 0 Å². The molecule has 0 aromatic carbocycles. The highest BCUT2D eigenvalue weighted by Crippen LogP contribution is 2.21. The summed E-state index contributed by atoms with van der Waals surface area (Å²) < 4.78 is 0. The number of thiophene rings is 1. The van der Waals surface area contributed by atoms with E-state index in [1.165, 1.54) is 11.3 Å². The molecule has 0 radical (unpaired) electrons. The zero-order valence-corrected chi connectivity index (χ0v) is 7.80. The van der Waals surface area contributed by atoms with E-state index in [4.69, 9.17) is 0 Å². The fraction of sp³-hybridized carbons (Fsp3) is 0.444. The molecule has 0 aliphatic carbocycles. The topological polar surface area (TPSA) is 37.3 Å². The van der Waals surface area contributed by atoms with Gasteiger partial charge in [0.15, 0.2) is 0 Å². The molecule has 0 aliphatic heterocycles. The molecule has 1 heterocycles. The van der Waals surface area contributed by atoms with Crippen LogP contribution in [0.4, 0.5) is 0 Å². The molecule has 1 aromatic rings. The van der Waals surface area contributed by atoms with Crippen LogP contribution in [0.25, 0.3) is 0 Å². The molecule has 1 aromatic heterocycles. The van der Waals surface area contributed by atoms with E-state index in [1.54, 1.807) is 0 Å². The summed E-state index contributed by atoms with van der Waals surface area (Å²) in [7, 11) is 0. The summed E-state index contributed by atoms with van der Waals surface area (Å²) in [4.78, 5) is 11.8. The van der Waals surface area contributed by atoms with Gasteiger partial charge >= 0.3 is 0 Å². The average molecular weight is 184 g/mol. The van der Waals surface area contributed by atoms with E-state index in [-0.39, 0.29) is 12.2 Å². The Balaban J connectivity index is 2.49. The van der Waals surface area contributed by atoms with E-state index < -0.39 is 6.10 Å². The lowest BCUT2D eigenvalue weighted by Gasteiger charge is -2.05. The van der Waals surface area contributed by atoms with Gasteiger partial charge in [0.1, 0.15) is 5.78 Å². The van der Waals surface area contributed by atoms with E-state index >= 15 is 0 Å². The molecule has 0 fully saturated rings. The molecule has 0 saturated heterocycles. The van der Waals surface area contributed by atoms with Crippen molar-refractivity contribution in [2.45, 2.75) is 25.9 Å². The van der Waals surface area contributed by atoms with Gasteiger partial charge in [-0.15, -0.1) is 11.3 Å². The second-order valence-corrected chi connectivity index (χ2v) is 3.61. The molecular weight excluding hydrogens is 172 g/mol. The third-order valence-corrected chi connectivity index (χ3v) is 2.66. The number of hydrogen-bond donors (Lipinski definition) is 1. The molecule has 1 N–H and O–H groups in total. The van der Waals surface area contributed by atoms with Crippen LogP contribution in [0.15, 0.2) is 17.5 Å². The minimum absolute atomic E-state index is 0.107. The quantitative estimate of drug-likeness (QED) is 0.778. The van der Waals surface area contributed by atoms with Crippen molar-refractivity contribution in [3.8, 4) is 0 Å². The average Bonchev–Trinajstić information content (AvgIpc) is 2.56. The number of hydrogen-bond acceptors (Lipinski definition) is 3. The first-order chi connectivity index (χ1) is 5.74. The molecule has 1 rings (SSSR count). The third kappa shape index (κ3) is 2.43. The van der Waals surface area contributed by atoms with Gasteiger partial charge in [0.25, 0.3) is 0 Å². The van der Waals surface area contributed by atoms with Crippen molar-refractivity contribution in [3.63, 3.8) is 0 Å². The van der Waals surface area contributed by atoms with Gasteiger partial charge in [-0.25, -0.2) is 0 Å². The minimum atomic E-state index is -0.600. The standard InChI is InChI=1S/C9H12O2S/c1-2-7(10)6-8(11)9-4-3-5-12-9/h3-5,8,11H,2,6H2,1H3. The molecule has 2 nitrogen and oxygen atoms in total. The Morgan fingerprint density at radius 3 is 3.00 bits per heavy atom. The lowest BCUT2D eigenvalue weighted by Crippen LogP contribution is -2.03. The molecule has 0 saturated carbocycles. The van der Waals surface area contributed by atoms with Crippen LogP contribution < -0.4 is 0 Å². The highest BCUT2D eigenvalue weighted by atomic mass is 32.1. The van der Waals surface area contributed by atoms with E-state index in [9.17, 15) is 9.90 Å². The molecule has 0 bridgehead atoms. The van der Waals surface area contributed by atoms with Gasteiger partial charge in [-0.3, -0.25) is 4.79 Å². The van der Waals surface area contributed by atoms with Crippen LogP contribution in [0.3, 0.4) is 0 Å². The van der Waals surface area contributed by atoms with E-state index in [2.05, 4.69) is 0 Å². The molecule has 1 atom stereocenters. The van der Waals surface area contributed by atoms with Crippen molar-refractivity contribution in [2.75, 3.05) is 0 Å². The number of rotatable bonds is 4. The summed E-state index contributed by atoms with van der Waals surface area (Å²) in [6.45, 7) is 1.81. The summed E-state index contributed by atoms with van der Waals surface area (Å²) >= 11 is 1.48. The monoisotopic (exact) mass is 184 g/mol. The Labute approximate surface area is 75.9 Å². The number of carbonyl (C=O) groups excluding carboxylic acids is 1. The zero-order chi connectivity index (χ0) is 8.97. The number of Topliss-reactive ketones (excluding diaryl/α,β-unsaturated/α-hetero) is 1. The maximum Gasteiger partial charge on any atom is 0.135 e. The fourth-order valence-corrected chi connectivity index (χ4v) is 1.65. The molecule has 0 spiro atoms. The summed E-state index contributed by atoms with van der Waals surface area (Å²) in [6, 6.07) is 3.72. The third-order valence-electron chi connectivity index (χ3n) is 1.69. The second kappa shape index (κ2) is 4.38. The van der Waals surface area contributed by atoms with Crippen molar-refractivity contribution in [1.82, 2.24) is 0 Å². The number of aliphatic hydroxyl groups is 1. The first-order valence-electron chi connectivity index (χ1n) is 3.97. The Kier molecular flexibility index (Phi) is 3.44. The lowest BCUT2D eigenvalue weighted by atomic mass is 10.1.